The summed E-state index contributed by atoms with van der Waals surface area (Å²) in [7, 11) is 0. The van der Waals surface area contributed by atoms with Crippen molar-refractivity contribution in [3.63, 3.8) is 0 Å². The van der Waals surface area contributed by atoms with E-state index in [4.69, 9.17) is 0 Å². The van der Waals surface area contributed by atoms with Gasteiger partial charge in [0.2, 0.25) is 0 Å². The summed E-state index contributed by atoms with van der Waals surface area (Å²) in [5, 5.41) is 0. The van der Waals surface area contributed by atoms with Gasteiger partial charge in [0.15, 0.2) is 0 Å². The van der Waals surface area contributed by atoms with E-state index < -0.39 is 0 Å². The van der Waals surface area contributed by atoms with Crippen LogP contribution in [0.1, 0.15) is 32.3 Å². The molecule has 0 unspecified atom stereocenters. The van der Waals surface area contributed by atoms with Gasteiger partial charge in [-0.15, -0.1) is 0 Å². The van der Waals surface area contributed by atoms with Crippen LogP contribution in [0.4, 0.5) is 4.39 Å². The van der Waals surface area contributed by atoms with Gasteiger partial charge < -0.3 is 0 Å². The summed E-state index contributed by atoms with van der Waals surface area (Å²) in [4.78, 5) is 0. The zero-order valence-electron chi connectivity index (χ0n) is 11.0. The van der Waals surface area contributed by atoms with Gasteiger partial charge >= 0.3 is 0 Å². The molecule has 0 aromatic heterocycles. The van der Waals surface area contributed by atoms with Crippen molar-refractivity contribution < 1.29 is 4.39 Å². The summed E-state index contributed by atoms with van der Waals surface area (Å²) in [6.45, 7) is 4.47. The molecule has 0 heterocycles. The molecule has 1 aromatic carbocycles. The second-order valence-corrected chi connectivity index (χ2v) is 5.02. The minimum Gasteiger partial charge on any atom is -0.207 e. The van der Waals surface area contributed by atoms with E-state index in [1.165, 1.54) is 23.3 Å². The highest BCUT2D eigenvalue weighted by Crippen LogP contribution is 2.24. The van der Waals surface area contributed by atoms with Crippen LogP contribution in [0.3, 0.4) is 0 Å². The van der Waals surface area contributed by atoms with Crippen LogP contribution in [0.15, 0.2) is 53.6 Å². The Morgan fingerprint density at radius 3 is 2.28 bits per heavy atom. The molecular weight excluding hydrogens is 223 g/mol. The first-order valence-electron chi connectivity index (χ1n) is 6.48. The van der Waals surface area contributed by atoms with E-state index in [9.17, 15) is 4.39 Å². The molecule has 1 aromatic rings. The summed E-state index contributed by atoms with van der Waals surface area (Å²) in [5.41, 5.74) is 3.90. The van der Waals surface area contributed by atoms with Crippen molar-refractivity contribution in [2.45, 2.75) is 26.7 Å². The summed E-state index contributed by atoms with van der Waals surface area (Å²) < 4.78 is 12.8. The van der Waals surface area contributed by atoms with E-state index in [0.29, 0.717) is 5.92 Å². The molecule has 0 bridgehead atoms. The molecule has 0 saturated heterocycles. The Hall–Kier alpha value is -1.63. The standard InChI is InChI=1S/C17H19F/c1-13(2)16-9-5-14(6-10-16)3-4-15-7-11-17(18)12-8-15/h3-5,7-9,11-13H,6,10H2,1-2H3/b4-3+. The molecule has 0 fully saturated rings. The maximum atomic E-state index is 12.8. The lowest BCUT2D eigenvalue weighted by atomic mass is 9.91. The fraction of sp³-hybridized carbons (Fsp3) is 0.294. The van der Waals surface area contributed by atoms with Crippen molar-refractivity contribution in [1.82, 2.24) is 0 Å². The average molecular weight is 242 g/mol. The lowest BCUT2D eigenvalue weighted by Crippen LogP contribution is -1.98. The van der Waals surface area contributed by atoms with Gasteiger partial charge in [0, 0.05) is 0 Å². The largest absolute Gasteiger partial charge is 0.207 e. The van der Waals surface area contributed by atoms with Crippen LogP contribution in [0.2, 0.25) is 0 Å². The van der Waals surface area contributed by atoms with Crippen LogP contribution in [0, 0.1) is 11.7 Å². The summed E-state index contributed by atoms with van der Waals surface area (Å²) >= 11 is 0. The van der Waals surface area contributed by atoms with Crippen molar-refractivity contribution in [2.24, 2.45) is 5.92 Å². The van der Waals surface area contributed by atoms with Gasteiger partial charge in [-0.1, -0.05) is 55.9 Å². The van der Waals surface area contributed by atoms with Crippen molar-refractivity contribution in [1.29, 1.82) is 0 Å². The van der Waals surface area contributed by atoms with Gasteiger partial charge in [0.05, 0.1) is 0 Å². The third-order valence-corrected chi connectivity index (χ3v) is 3.32. The molecule has 1 heteroatoms. The Morgan fingerprint density at radius 1 is 1.00 bits per heavy atom. The molecule has 0 saturated carbocycles. The predicted octanol–water partition coefficient (Wildman–Crippen LogP) is 5.14. The molecule has 0 N–H and O–H groups in total. The third-order valence-electron chi connectivity index (χ3n) is 3.32. The van der Waals surface area contributed by atoms with Crippen molar-refractivity contribution in [3.8, 4) is 0 Å². The summed E-state index contributed by atoms with van der Waals surface area (Å²) in [5.74, 6) is 0.456. The molecule has 1 aliphatic rings. The van der Waals surface area contributed by atoms with Crippen molar-refractivity contribution in [3.05, 3.63) is 65.0 Å². The number of benzene rings is 1. The number of hydrogen-bond acceptors (Lipinski definition) is 0. The first-order valence-corrected chi connectivity index (χ1v) is 6.48. The lowest BCUT2D eigenvalue weighted by Gasteiger charge is -2.15. The van der Waals surface area contributed by atoms with Gasteiger partial charge in [-0.05, 0) is 42.0 Å². The van der Waals surface area contributed by atoms with Gasteiger partial charge in [-0.3, -0.25) is 0 Å². The highest BCUT2D eigenvalue weighted by molar-refractivity contribution is 5.53. The van der Waals surface area contributed by atoms with Crippen LogP contribution in [-0.4, -0.2) is 0 Å². The van der Waals surface area contributed by atoms with Crippen LogP contribution in [0.25, 0.3) is 6.08 Å². The van der Waals surface area contributed by atoms with Gasteiger partial charge in [-0.25, -0.2) is 4.39 Å². The zero-order valence-corrected chi connectivity index (χ0v) is 11.0. The Labute approximate surface area is 109 Å². The Morgan fingerprint density at radius 2 is 1.72 bits per heavy atom. The van der Waals surface area contributed by atoms with E-state index >= 15 is 0 Å². The topological polar surface area (TPSA) is 0 Å². The van der Waals surface area contributed by atoms with E-state index in [-0.39, 0.29) is 5.82 Å². The smallest absolute Gasteiger partial charge is 0.123 e. The molecule has 0 amide bonds. The Balaban J connectivity index is 2.04. The van der Waals surface area contributed by atoms with Gasteiger partial charge in [-0.2, -0.15) is 0 Å². The van der Waals surface area contributed by atoms with E-state index in [2.05, 4.69) is 32.1 Å². The molecule has 0 aliphatic heterocycles. The summed E-state index contributed by atoms with van der Waals surface area (Å²) in [6, 6.07) is 6.58. The molecule has 18 heavy (non-hydrogen) atoms. The molecule has 2 rings (SSSR count). The third kappa shape index (κ3) is 3.43. The zero-order chi connectivity index (χ0) is 13.0. The second-order valence-electron chi connectivity index (χ2n) is 5.02. The molecule has 1 aliphatic carbocycles. The molecule has 94 valence electrons. The maximum absolute atomic E-state index is 12.8. The van der Waals surface area contributed by atoms with Crippen LogP contribution >= 0.6 is 0 Å². The molecule has 0 radical (unpaired) electrons. The first kappa shape index (κ1) is 12.8. The highest BCUT2D eigenvalue weighted by Gasteiger charge is 2.07. The second kappa shape index (κ2) is 5.81. The molecule has 0 atom stereocenters. The number of hydrogen-bond donors (Lipinski definition) is 0. The fourth-order valence-corrected chi connectivity index (χ4v) is 2.07. The first-order chi connectivity index (χ1) is 8.65. The molecule has 0 spiro atoms. The molecular formula is C17H19F. The summed E-state index contributed by atoms with van der Waals surface area (Å²) in [6.07, 6.45) is 10.8. The van der Waals surface area contributed by atoms with Gasteiger partial charge in [0.1, 0.15) is 5.82 Å². The van der Waals surface area contributed by atoms with Crippen LogP contribution < -0.4 is 0 Å². The maximum Gasteiger partial charge on any atom is 0.123 e. The quantitative estimate of drug-likeness (QED) is 0.688. The number of rotatable bonds is 3. The SMILES string of the molecule is CC(C)C1=CC=C(/C=C/c2ccc(F)cc2)CC1. The van der Waals surface area contributed by atoms with Crippen LogP contribution in [-0.2, 0) is 0 Å². The van der Waals surface area contributed by atoms with Crippen LogP contribution in [0.5, 0.6) is 0 Å². The predicted molar refractivity (Wildman–Crippen MR) is 75.7 cm³/mol. The van der Waals surface area contributed by atoms with Crippen molar-refractivity contribution in [2.75, 3.05) is 0 Å². The lowest BCUT2D eigenvalue weighted by molar-refractivity contribution is 0.628. The minimum atomic E-state index is -0.187. The Bertz CT molecular complexity index is 487. The van der Waals surface area contributed by atoms with E-state index in [1.54, 1.807) is 12.1 Å². The fourth-order valence-electron chi connectivity index (χ4n) is 2.07. The number of allylic oxidation sites excluding steroid dienone is 5. The van der Waals surface area contributed by atoms with E-state index in [1.807, 2.05) is 6.08 Å². The highest BCUT2D eigenvalue weighted by atomic mass is 19.1. The van der Waals surface area contributed by atoms with E-state index in [0.717, 1.165) is 18.4 Å². The monoisotopic (exact) mass is 242 g/mol. The van der Waals surface area contributed by atoms with Crippen molar-refractivity contribution >= 4 is 6.08 Å². The normalized spacial score (nSPS) is 16.0. The Kier molecular flexibility index (Phi) is 4.14. The average Bonchev–Trinajstić information content (AvgIpc) is 2.38. The molecule has 0 nitrogen and oxygen atoms in total. The van der Waals surface area contributed by atoms with Gasteiger partial charge in [0.25, 0.3) is 0 Å². The minimum absolute atomic E-state index is 0.187. The number of halogens is 1.